The van der Waals surface area contributed by atoms with Crippen molar-refractivity contribution in [2.75, 3.05) is 13.1 Å². The summed E-state index contributed by atoms with van der Waals surface area (Å²) in [7, 11) is 0. The van der Waals surface area contributed by atoms with Gasteiger partial charge in [0.25, 0.3) is 0 Å². The van der Waals surface area contributed by atoms with Crippen LogP contribution in [-0.2, 0) is 0 Å². The predicted molar refractivity (Wildman–Crippen MR) is 35.2 cm³/mol. The van der Waals surface area contributed by atoms with Crippen molar-refractivity contribution in [3.8, 4) is 0 Å². The molecule has 1 heterocycles. The van der Waals surface area contributed by atoms with E-state index < -0.39 is 0 Å². The Kier molecular flexibility index (Phi) is 1.24. The average molecular weight is 127 g/mol. The van der Waals surface area contributed by atoms with Gasteiger partial charge in [-0.3, -0.25) is 4.90 Å². The summed E-state index contributed by atoms with van der Waals surface area (Å²) in [6.07, 6.45) is 4.13. The normalized spacial score (nSPS) is 31.7. The molecule has 0 aromatic rings. The van der Waals surface area contributed by atoms with Crippen molar-refractivity contribution in [3.05, 3.63) is 0 Å². The number of aliphatic hydroxyl groups excluding tert-OH is 1. The fraction of sp³-hybridized carbons (Fsp3) is 1.00. The first-order valence-corrected chi connectivity index (χ1v) is 3.78. The second-order valence-electron chi connectivity index (χ2n) is 3.19. The first kappa shape index (κ1) is 5.69. The van der Waals surface area contributed by atoms with Crippen molar-refractivity contribution >= 4 is 0 Å². The van der Waals surface area contributed by atoms with E-state index in [2.05, 4.69) is 4.90 Å². The Hall–Kier alpha value is -0.0800. The zero-order valence-corrected chi connectivity index (χ0v) is 5.58. The Balaban J connectivity index is 1.75. The Morgan fingerprint density at radius 1 is 1.22 bits per heavy atom. The lowest BCUT2D eigenvalue weighted by molar-refractivity contribution is -0.0441. The second-order valence-corrected chi connectivity index (χ2v) is 3.19. The third-order valence-corrected chi connectivity index (χ3v) is 2.48. The molecule has 1 aliphatic heterocycles. The highest BCUT2D eigenvalue weighted by atomic mass is 16.3. The maximum Gasteiger partial charge on any atom is 0.0794 e. The Bertz CT molecular complexity index is 105. The molecule has 1 aliphatic carbocycles. The zero-order chi connectivity index (χ0) is 6.27. The van der Waals surface area contributed by atoms with Crippen LogP contribution in [0.3, 0.4) is 0 Å². The topological polar surface area (TPSA) is 23.5 Å². The van der Waals surface area contributed by atoms with Crippen molar-refractivity contribution in [3.63, 3.8) is 0 Å². The highest BCUT2D eigenvalue weighted by Gasteiger charge is 2.33. The number of β-amino-alcohol motifs (C(OH)–C–C–N with tert-alkyl or cyclic N) is 1. The fourth-order valence-corrected chi connectivity index (χ4v) is 1.54. The minimum Gasteiger partial charge on any atom is -0.390 e. The maximum absolute atomic E-state index is 8.95. The van der Waals surface area contributed by atoms with E-state index >= 15 is 0 Å². The van der Waals surface area contributed by atoms with Crippen LogP contribution in [-0.4, -0.2) is 35.2 Å². The Morgan fingerprint density at radius 3 is 2.22 bits per heavy atom. The molecule has 52 valence electrons. The summed E-state index contributed by atoms with van der Waals surface area (Å²) in [4.78, 5) is 2.38. The molecule has 2 fully saturated rings. The number of likely N-dealkylation sites (tertiary alicyclic amines) is 1. The molecule has 0 aromatic carbocycles. The largest absolute Gasteiger partial charge is 0.390 e. The summed E-state index contributed by atoms with van der Waals surface area (Å²) in [5.74, 6) is 0. The number of hydrogen-bond donors (Lipinski definition) is 1. The van der Waals surface area contributed by atoms with Crippen LogP contribution in [0.5, 0.6) is 0 Å². The van der Waals surface area contributed by atoms with Crippen LogP contribution in [0.25, 0.3) is 0 Å². The summed E-state index contributed by atoms with van der Waals surface area (Å²) in [6, 6.07) is 0.841. The quantitative estimate of drug-likeness (QED) is 0.544. The van der Waals surface area contributed by atoms with Crippen LogP contribution >= 0.6 is 0 Å². The number of hydrogen-bond acceptors (Lipinski definition) is 2. The van der Waals surface area contributed by atoms with Gasteiger partial charge in [0.05, 0.1) is 6.10 Å². The highest BCUT2D eigenvalue weighted by molar-refractivity contribution is 4.88. The molecule has 0 bridgehead atoms. The molecule has 0 aromatic heterocycles. The smallest absolute Gasteiger partial charge is 0.0794 e. The van der Waals surface area contributed by atoms with Gasteiger partial charge in [0.1, 0.15) is 0 Å². The standard InChI is InChI=1S/C7H13NO/c9-7-4-8(5-7)6-2-1-3-6/h6-7,9H,1-5H2. The molecule has 1 saturated carbocycles. The van der Waals surface area contributed by atoms with Crippen molar-refractivity contribution in [2.24, 2.45) is 0 Å². The van der Waals surface area contributed by atoms with Gasteiger partial charge in [0, 0.05) is 19.1 Å². The molecule has 0 amide bonds. The van der Waals surface area contributed by atoms with E-state index in [0.29, 0.717) is 0 Å². The van der Waals surface area contributed by atoms with Gasteiger partial charge >= 0.3 is 0 Å². The summed E-state index contributed by atoms with van der Waals surface area (Å²) < 4.78 is 0. The highest BCUT2D eigenvalue weighted by Crippen LogP contribution is 2.27. The van der Waals surface area contributed by atoms with E-state index in [1.165, 1.54) is 19.3 Å². The molecule has 1 saturated heterocycles. The molecule has 0 atom stereocenters. The van der Waals surface area contributed by atoms with Crippen molar-refractivity contribution in [2.45, 2.75) is 31.4 Å². The van der Waals surface area contributed by atoms with Crippen molar-refractivity contribution < 1.29 is 5.11 Å². The molecular formula is C7H13NO. The van der Waals surface area contributed by atoms with Gasteiger partial charge in [-0.1, -0.05) is 6.42 Å². The van der Waals surface area contributed by atoms with Crippen LogP contribution in [0, 0.1) is 0 Å². The van der Waals surface area contributed by atoms with Crippen molar-refractivity contribution in [1.82, 2.24) is 4.90 Å². The SMILES string of the molecule is OC1CN(C2CCC2)C1. The van der Waals surface area contributed by atoms with Crippen LogP contribution in [0.2, 0.25) is 0 Å². The van der Waals surface area contributed by atoms with Crippen LogP contribution < -0.4 is 0 Å². The summed E-state index contributed by atoms with van der Waals surface area (Å²) >= 11 is 0. The Morgan fingerprint density at radius 2 is 1.89 bits per heavy atom. The first-order valence-electron chi connectivity index (χ1n) is 3.78. The number of aliphatic hydroxyl groups is 1. The zero-order valence-electron chi connectivity index (χ0n) is 5.58. The summed E-state index contributed by atoms with van der Waals surface area (Å²) in [5, 5.41) is 8.95. The summed E-state index contributed by atoms with van der Waals surface area (Å²) in [5.41, 5.74) is 0. The lowest BCUT2D eigenvalue weighted by atomic mass is 9.89. The number of rotatable bonds is 1. The lowest BCUT2D eigenvalue weighted by Gasteiger charge is -2.45. The molecule has 1 N–H and O–H groups in total. The second kappa shape index (κ2) is 1.96. The van der Waals surface area contributed by atoms with E-state index in [1.54, 1.807) is 0 Å². The lowest BCUT2D eigenvalue weighted by Crippen LogP contribution is -2.57. The molecule has 9 heavy (non-hydrogen) atoms. The van der Waals surface area contributed by atoms with Gasteiger partial charge in [0.2, 0.25) is 0 Å². The molecule has 0 unspecified atom stereocenters. The van der Waals surface area contributed by atoms with Crippen LogP contribution in [0.15, 0.2) is 0 Å². The maximum atomic E-state index is 8.95. The number of nitrogens with zero attached hydrogens (tertiary/aromatic N) is 1. The van der Waals surface area contributed by atoms with E-state index in [4.69, 9.17) is 5.11 Å². The molecule has 2 heteroatoms. The van der Waals surface area contributed by atoms with E-state index in [1.807, 2.05) is 0 Å². The molecule has 0 radical (unpaired) electrons. The minimum absolute atomic E-state index is 0.00870. The van der Waals surface area contributed by atoms with Gasteiger partial charge in [-0.15, -0.1) is 0 Å². The van der Waals surface area contributed by atoms with Crippen LogP contribution in [0.4, 0.5) is 0 Å². The summed E-state index contributed by atoms with van der Waals surface area (Å²) in [6.45, 7) is 1.87. The monoisotopic (exact) mass is 127 g/mol. The van der Waals surface area contributed by atoms with Crippen molar-refractivity contribution in [1.29, 1.82) is 0 Å². The third-order valence-electron chi connectivity index (χ3n) is 2.48. The van der Waals surface area contributed by atoms with Gasteiger partial charge in [-0.2, -0.15) is 0 Å². The van der Waals surface area contributed by atoms with E-state index in [9.17, 15) is 0 Å². The van der Waals surface area contributed by atoms with E-state index in [0.717, 1.165) is 19.1 Å². The predicted octanol–water partition coefficient (Wildman–Crippen LogP) is 0.215. The van der Waals surface area contributed by atoms with Gasteiger partial charge < -0.3 is 5.11 Å². The van der Waals surface area contributed by atoms with Gasteiger partial charge in [-0.05, 0) is 12.8 Å². The Labute approximate surface area is 55.5 Å². The molecule has 2 rings (SSSR count). The average Bonchev–Trinajstić information content (AvgIpc) is 1.57. The first-order chi connectivity index (χ1) is 4.36. The molecule has 0 spiro atoms. The van der Waals surface area contributed by atoms with Gasteiger partial charge in [-0.25, -0.2) is 0 Å². The molecular weight excluding hydrogens is 114 g/mol. The third kappa shape index (κ3) is 0.864. The van der Waals surface area contributed by atoms with Gasteiger partial charge in [0.15, 0.2) is 0 Å². The molecule has 2 nitrogen and oxygen atoms in total. The minimum atomic E-state index is -0.00870. The fourth-order valence-electron chi connectivity index (χ4n) is 1.54. The molecule has 2 aliphatic rings. The van der Waals surface area contributed by atoms with Crippen LogP contribution in [0.1, 0.15) is 19.3 Å². The van der Waals surface area contributed by atoms with E-state index in [-0.39, 0.29) is 6.10 Å².